The van der Waals surface area contributed by atoms with Gasteiger partial charge in [0.25, 0.3) is 0 Å². The molecule has 0 aromatic heterocycles. The second-order valence-electron chi connectivity index (χ2n) is 6.92. The van der Waals surface area contributed by atoms with Gasteiger partial charge in [0.05, 0.1) is 23.6 Å². The first-order valence-electron chi connectivity index (χ1n) is 8.82. The smallest absolute Gasteiger partial charge is 0.241 e. The third kappa shape index (κ3) is 4.03. The van der Waals surface area contributed by atoms with E-state index in [4.69, 9.17) is 9.47 Å². The Morgan fingerprint density at radius 1 is 1.08 bits per heavy atom. The Morgan fingerprint density at radius 2 is 1.88 bits per heavy atom. The van der Waals surface area contributed by atoms with Crippen molar-refractivity contribution in [2.24, 2.45) is 5.92 Å². The van der Waals surface area contributed by atoms with Gasteiger partial charge in [-0.25, -0.2) is 13.1 Å². The fraction of sp³-hybridized carbons (Fsp3) is 0.474. The van der Waals surface area contributed by atoms with E-state index in [2.05, 4.69) is 4.72 Å². The largest absolute Gasteiger partial charge is 0.380 e. The third-order valence-electron chi connectivity index (χ3n) is 4.87. The predicted molar refractivity (Wildman–Crippen MR) is 96.0 cm³/mol. The van der Waals surface area contributed by atoms with Gasteiger partial charge in [-0.2, -0.15) is 0 Å². The highest BCUT2D eigenvalue weighted by molar-refractivity contribution is 7.89. The molecule has 6 heteroatoms. The SMILES string of the molecule is O=S(=O)(N[C@@H]1COCC[C@@H]1OCC1CC1)c1ccc2ccccc2c1. The van der Waals surface area contributed by atoms with Gasteiger partial charge in [-0.3, -0.25) is 0 Å². The van der Waals surface area contributed by atoms with Gasteiger partial charge in [0.2, 0.25) is 10.0 Å². The average molecular weight is 361 g/mol. The van der Waals surface area contributed by atoms with Gasteiger partial charge in [0.15, 0.2) is 0 Å². The zero-order chi connectivity index (χ0) is 17.3. The molecule has 1 N–H and O–H groups in total. The molecule has 2 aromatic rings. The first-order chi connectivity index (χ1) is 12.1. The first-order valence-corrected chi connectivity index (χ1v) is 10.3. The summed E-state index contributed by atoms with van der Waals surface area (Å²) < 4.78 is 39.9. The zero-order valence-electron chi connectivity index (χ0n) is 14.1. The van der Waals surface area contributed by atoms with E-state index in [1.54, 1.807) is 12.1 Å². The molecule has 134 valence electrons. The molecule has 0 bridgehead atoms. The molecule has 0 amide bonds. The van der Waals surface area contributed by atoms with Gasteiger partial charge in [-0.05, 0) is 48.1 Å². The maximum absolute atomic E-state index is 12.8. The standard InChI is InChI=1S/C19H23NO4S/c21-25(22,17-8-7-15-3-1-2-4-16(15)11-17)20-18-13-23-10-9-19(18)24-12-14-5-6-14/h1-4,7-8,11,14,18-20H,5-6,9-10,12-13H2/t18-,19+/m1/s1. The summed E-state index contributed by atoms with van der Waals surface area (Å²) in [5, 5.41) is 1.93. The lowest BCUT2D eigenvalue weighted by atomic mass is 10.1. The van der Waals surface area contributed by atoms with Crippen LogP contribution in [0.1, 0.15) is 19.3 Å². The second-order valence-corrected chi connectivity index (χ2v) is 8.63. The molecule has 2 aliphatic rings. The summed E-state index contributed by atoms with van der Waals surface area (Å²) in [4.78, 5) is 0.276. The lowest BCUT2D eigenvalue weighted by Crippen LogP contribution is -2.50. The maximum Gasteiger partial charge on any atom is 0.241 e. The monoisotopic (exact) mass is 361 g/mol. The second kappa shape index (κ2) is 7.03. The average Bonchev–Trinajstić information content (AvgIpc) is 3.45. The van der Waals surface area contributed by atoms with Crippen LogP contribution in [0.3, 0.4) is 0 Å². The molecule has 1 aliphatic heterocycles. The van der Waals surface area contributed by atoms with E-state index in [-0.39, 0.29) is 17.0 Å². The number of nitrogens with one attached hydrogen (secondary N) is 1. The highest BCUT2D eigenvalue weighted by Gasteiger charge is 2.32. The highest BCUT2D eigenvalue weighted by atomic mass is 32.2. The van der Waals surface area contributed by atoms with E-state index < -0.39 is 10.0 Å². The van der Waals surface area contributed by atoms with Gasteiger partial charge in [-0.1, -0.05) is 30.3 Å². The van der Waals surface area contributed by atoms with Crippen LogP contribution in [0.5, 0.6) is 0 Å². The minimum Gasteiger partial charge on any atom is -0.380 e. The molecule has 1 saturated carbocycles. The Kier molecular flexibility index (Phi) is 4.78. The number of benzene rings is 2. The van der Waals surface area contributed by atoms with E-state index in [0.717, 1.165) is 23.8 Å². The molecule has 0 radical (unpaired) electrons. The van der Waals surface area contributed by atoms with Crippen molar-refractivity contribution in [3.8, 4) is 0 Å². The van der Waals surface area contributed by atoms with Crippen LogP contribution < -0.4 is 4.72 Å². The Hall–Kier alpha value is -1.47. The van der Waals surface area contributed by atoms with Crippen molar-refractivity contribution in [1.82, 2.24) is 4.72 Å². The summed E-state index contributed by atoms with van der Waals surface area (Å²) >= 11 is 0. The zero-order valence-corrected chi connectivity index (χ0v) is 14.9. The van der Waals surface area contributed by atoms with E-state index in [9.17, 15) is 8.42 Å². The van der Waals surface area contributed by atoms with Crippen LogP contribution in [-0.2, 0) is 19.5 Å². The molecule has 0 spiro atoms. The van der Waals surface area contributed by atoms with E-state index in [0.29, 0.717) is 19.1 Å². The fourth-order valence-electron chi connectivity index (χ4n) is 3.17. The molecule has 4 rings (SSSR count). The summed E-state index contributed by atoms with van der Waals surface area (Å²) in [6, 6.07) is 12.6. The number of ether oxygens (including phenoxy) is 2. The number of rotatable bonds is 6. The molecule has 1 aliphatic carbocycles. The quantitative estimate of drug-likeness (QED) is 0.859. The van der Waals surface area contributed by atoms with Crippen molar-refractivity contribution in [3.05, 3.63) is 42.5 Å². The third-order valence-corrected chi connectivity index (χ3v) is 6.36. The molecule has 1 heterocycles. The molecule has 25 heavy (non-hydrogen) atoms. The molecule has 5 nitrogen and oxygen atoms in total. The van der Waals surface area contributed by atoms with E-state index in [1.807, 2.05) is 30.3 Å². The molecular formula is C19H23NO4S. The maximum atomic E-state index is 12.8. The number of hydrogen-bond acceptors (Lipinski definition) is 4. The molecule has 1 saturated heterocycles. The first kappa shape index (κ1) is 17.0. The normalized spacial score (nSPS) is 24.5. The van der Waals surface area contributed by atoms with Gasteiger partial charge in [-0.15, -0.1) is 0 Å². The fourth-order valence-corrected chi connectivity index (χ4v) is 4.46. The summed E-state index contributed by atoms with van der Waals surface area (Å²) in [6.45, 7) is 1.69. The summed E-state index contributed by atoms with van der Waals surface area (Å²) in [5.74, 6) is 0.653. The molecule has 2 atom stereocenters. The molecular weight excluding hydrogens is 338 g/mol. The van der Waals surface area contributed by atoms with Crippen LogP contribution in [0.15, 0.2) is 47.4 Å². The Labute approximate surface area is 148 Å². The van der Waals surface area contributed by atoms with Crippen LogP contribution >= 0.6 is 0 Å². The highest BCUT2D eigenvalue weighted by Crippen LogP contribution is 2.30. The van der Waals surface area contributed by atoms with Gasteiger partial charge in [0.1, 0.15) is 0 Å². The topological polar surface area (TPSA) is 64.6 Å². The molecule has 2 aromatic carbocycles. The van der Waals surface area contributed by atoms with Crippen molar-refractivity contribution < 1.29 is 17.9 Å². The molecule has 0 unspecified atom stereocenters. The Morgan fingerprint density at radius 3 is 2.68 bits per heavy atom. The lowest BCUT2D eigenvalue weighted by Gasteiger charge is -2.32. The van der Waals surface area contributed by atoms with Crippen LogP contribution in [-0.4, -0.2) is 40.4 Å². The van der Waals surface area contributed by atoms with Crippen LogP contribution in [0.4, 0.5) is 0 Å². The number of fused-ring (bicyclic) bond motifs is 1. The van der Waals surface area contributed by atoms with Crippen LogP contribution in [0.2, 0.25) is 0 Å². The Balaban J connectivity index is 1.51. The minimum absolute atomic E-state index is 0.121. The summed E-state index contributed by atoms with van der Waals surface area (Å²) in [6.07, 6.45) is 3.04. The van der Waals surface area contributed by atoms with Crippen molar-refractivity contribution in [3.63, 3.8) is 0 Å². The Bertz CT molecular complexity index is 847. The van der Waals surface area contributed by atoms with Gasteiger partial charge in [0, 0.05) is 13.2 Å². The van der Waals surface area contributed by atoms with Crippen LogP contribution in [0, 0.1) is 5.92 Å². The minimum atomic E-state index is -3.62. The number of sulfonamides is 1. The van der Waals surface area contributed by atoms with Gasteiger partial charge >= 0.3 is 0 Å². The predicted octanol–water partition coefficient (Wildman–Crippen LogP) is 2.70. The summed E-state index contributed by atoms with van der Waals surface area (Å²) in [5.41, 5.74) is 0. The number of hydrogen-bond donors (Lipinski definition) is 1. The van der Waals surface area contributed by atoms with Crippen molar-refractivity contribution in [2.75, 3.05) is 19.8 Å². The van der Waals surface area contributed by atoms with E-state index in [1.165, 1.54) is 12.8 Å². The van der Waals surface area contributed by atoms with Crippen molar-refractivity contribution in [2.45, 2.75) is 36.3 Å². The summed E-state index contributed by atoms with van der Waals surface area (Å²) in [7, 11) is -3.62. The van der Waals surface area contributed by atoms with Crippen LogP contribution in [0.25, 0.3) is 10.8 Å². The van der Waals surface area contributed by atoms with Crippen molar-refractivity contribution >= 4 is 20.8 Å². The lowest BCUT2D eigenvalue weighted by molar-refractivity contribution is -0.0533. The van der Waals surface area contributed by atoms with Gasteiger partial charge < -0.3 is 9.47 Å². The van der Waals surface area contributed by atoms with E-state index >= 15 is 0 Å². The molecule has 2 fully saturated rings. The van der Waals surface area contributed by atoms with Crippen molar-refractivity contribution in [1.29, 1.82) is 0 Å².